The van der Waals surface area contributed by atoms with Crippen molar-refractivity contribution in [2.24, 2.45) is 0 Å². The van der Waals surface area contributed by atoms with E-state index in [9.17, 15) is 0 Å². The van der Waals surface area contributed by atoms with Crippen molar-refractivity contribution in [2.75, 3.05) is 4.90 Å². The first-order valence-electron chi connectivity index (χ1n) is 15.7. The van der Waals surface area contributed by atoms with Crippen molar-refractivity contribution in [1.29, 1.82) is 0 Å². The van der Waals surface area contributed by atoms with E-state index >= 15 is 0 Å². The monoisotopic (exact) mass is 603 g/mol. The molecule has 226 valence electrons. The molecule has 0 atom stereocenters. The molecule has 47 heavy (non-hydrogen) atoms. The highest BCUT2D eigenvalue weighted by Gasteiger charge is 2.20. The predicted molar refractivity (Wildman–Crippen MR) is 205 cm³/mol. The summed E-state index contributed by atoms with van der Waals surface area (Å²) in [5.74, 6) is 0. The lowest BCUT2D eigenvalue weighted by molar-refractivity contribution is 1.29. The van der Waals surface area contributed by atoms with Crippen LogP contribution in [0, 0.1) is 0 Å². The van der Waals surface area contributed by atoms with E-state index in [1.54, 1.807) is 6.08 Å². The van der Waals surface area contributed by atoms with Gasteiger partial charge in [-0.15, -0.1) is 0 Å². The van der Waals surface area contributed by atoms with Gasteiger partial charge in [0.15, 0.2) is 0 Å². The normalized spacial score (nSPS) is 11.4. The first-order valence-corrected chi connectivity index (χ1v) is 15.7. The Bertz CT molecular complexity index is 2120. The number of anilines is 3. The van der Waals surface area contributed by atoms with Crippen molar-refractivity contribution in [1.82, 2.24) is 0 Å². The molecule has 0 radical (unpaired) electrons. The molecule has 0 saturated carbocycles. The van der Waals surface area contributed by atoms with Crippen LogP contribution in [0.5, 0.6) is 0 Å². The summed E-state index contributed by atoms with van der Waals surface area (Å²) in [5, 5.41) is 2.37. The second-order valence-corrected chi connectivity index (χ2v) is 11.3. The molecule has 0 aliphatic carbocycles. The van der Waals surface area contributed by atoms with Crippen LogP contribution in [0.15, 0.2) is 213 Å². The average molecular weight is 604 g/mol. The first kappa shape index (κ1) is 30.8. The summed E-state index contributed by atoms with van der Waals surface area (Å²) in [6, 6.07) is 51.5. The van der Waals surface area contributed by atoms with Gasteiger partial charge in [0.1, 0.15) is 0 Å². The maximum atomic E-state index is 4.45. The van der Waals surface area contributed by atoms with Crippen LogP contribution in [0.1, 0.15) is 5.56 Å². The second-order valence-electron chi connectivity index (χ2n) is 11.3. The standard InChI is InChI=1S/C46H37N/c1-5-7-18-34(3)35(4)42(17-6-2)44-32-31-41(33-45(44)39-21-12-9-13-22-39)47(46-26-16-24-38-23-14-15-25-43(38)46)40-29-27-37(28-30-40)36-19-10-8-11-20-36/h5-33H,1-4H2/b18-7-,42-17+. The van der Waals surface area contributed by atoms with Crippen LogP contribution in [0.25, 0.3) is 38.6 Å². The van der Waals surface area contributed by atoms with E-state index in [0.717, 1.165) is 50.5 Å². The van der Waals surface area contributed by atoms with E-state index in [4.69, 9.17) is 0 Å². The lowest BCUT2D eigenvalue weighted by Gasteiger charge is -2.28. The molecule has 0 saturated heterocycles. The number of rotatable bonds is 11. The zero-order valence-electron chi connectivity index (χ0n) is 26.5. The largest absolute Gasteiger partial charge is 0.310 e. The van der Waals surface area contributed by atoms with Crippen LogP contribution < -0.4 is 4.90 Å². The zero-order valence-corrected chi connectivity index (χ0v) is 26.5. The van der Waals surface area contributed by atoms with E-state index < -0.39 is 0 Å². The quantitative estimate of drug-likeness (QED) is 0.133. The number of benzene rings is 6. The van der Waals surface area contributed by atoms with Crippen LogP contribution in [0.4, 0.5) is 17.1 Å². The molecule has 6 aromatic carbocycles. The molecular formula is C46H37N. The molecule has 0 spiro atoms. The molecule has 0 aromatic heterocycles. The number of nitrogens with zero attached hydrogens (tertiary/aromatic N) is 1. The summed E-state index contributed by atoms with van der Waals surface area (Å²) in [6.45, 7) is 16.6. The molecule has 0 heterocycles. The Morgan fingerprint density at radius 1 is 0.553 bits per heavy atom. The minimum Gasteiger partial charge on any atom is -0.310 e. The molecule has 0 amide bonds. The summed E-state index contributed by atoms with van der Waals surface area (Å²) in [7, 11) is 0. The molecule has 0 unspecified atom stereocenters. The van der Waals surface area contributed by atoms with Crippen molar-refractivity contribution >= 4 is 33.4 Å². The lowest BCUT2D eigenvalue weighted by Crippen LogP contribution is -2.11. The Kier molecular flexibility index (Phi) is 9.37. The van der Waals surface area contributed by atoms with E-state index in [0.29, 0.717) is 0 Å². The second kappa shape index (κ2) is 14.3. The van der Waals surface area contributed by atoms with Crippen molar-refractivity contribution in [2.45, 2.75) is 0 Å². The van der Waals surface area contributed by atoms with Gasteiger partial charge in [-0.05, 0) is 80.3 Å². The van der Waals surface area contributed by atoms with E-state index in [2.05, 4.69) is 165 Å². The third-order valence-corrected chi connectivity index (χ3v) is 8.31. The van der Waals surface area contributed by atoms with Gasteiger partial charge in [0, 0.05) is 16.8 Å². The van der Waals surface area contributed by atoms with Crippen molar-refractivity contribution in [3.05, 3.63) is 219 Å². The fourth-order valence-corrected chi connectivity index (χ4v) is 5.96. The van der Waals surface area contributed by atoms with Gasteiger partial charge in [-0.25, -0.2) is 0 Å². The topological polar surface area (TPSA) is 3.24 Å². The zero-order chi connectivity index (χ0) is 32.6. The van der Waals surface area contributed by atoms with Crippen LogP contribution in [-0.4, -0.2) is 0 Å². The molecule has 6 rings (SSSR count). The molecule has 0 fully saturated rings. The Labute approximate surface area is 278 Å². The van der Waals surface area contributed by atoms with Crippen LogP contribution in [-0.2, 0) is 0 Å². The fourth-order valence-electron chi connectivity index (χ4n) is 5.96. The van der Waals surface area contributed by atoms with E-state index in [1.165, 1.54) is 21.9 Å². The Morgan fingerprint density at radius 3 is 1.87 bits per heavy atom. The van der Waals surface area contributed by atoms with Gasteiger partial charge in [-0.1, -0.05) is 172 Å². The summed E-state index contributed by atoms with van der Waals surface area (Å²) >= 11 is 0. The van der Waals surface area contributed by atoms with Gasteiger partial charge >= 0.3 is 0 Å². The third-order valence-electron chi connectivity index (χ3n) is 8.31. The number of hydrogen-bond donors (Lipinski definition) is 0. The average Bonchev–Trinajstić information content (AvgIpc) is 3.14. The molecule has 0 N–H and O–H groups in total. The third kappa shape index (κ3) is 6.61. The highest BCUT2D eigenvalue weighted by atomic mass is 15.1. The molecule has 0 bridgehead atoms. The maximum absolute atomic E-state index is 4.45. The smallest absolute Gasteiger partial charge is 0.0540 e. The molecule has 1 nitrogen and oxygen atoms in total. The van der Waals surface area contributed by atoms with Gasteiger partial charge in [0.05, 0.1) is 5.69 Å². The Balaban J connectivity index is 1.56. The summed E-state index contributed by atoms with van der Waals surface area (Å²) in [5.41, 5.74) is 11.5. The Hall–Kier alpha value is -6.18. The molecule has 0 aliphatic rings. The first-order chi connectivity index (χ1) is 23.1. The number of fused-ring (bicyclic) bond motifs is 1. The number of hydrogen-bond acceptors (Lipinski definition) is 1. The van der Waals surface area contributed by atoms with Gasteiger partial charge in [0.25, 0.3) is 0 Å². The summed E-state index contributed by atoms with van der Waals surface area (Å²) in [6.07, 6.45) is 9.38. The summed E-state index contributed by atoms with van der Waals surface area (Å²) < 4.78 is 0. The van der Waals surface area contributed by atoms with Gasteiger partial charge in [-0.3, -0.25) is 0 Å². The van der Waals surface area contributed by atoms with Crippen LogP contribution in [0.3, 0.4) is 0 Å². The minimum absolute atomic E-state index is 0.817. The van der Waals surface area contributed by atoms with Crippen LogP contribution in [0.2, 0.25) is 0 Å². The van der Waals surface area contributed by atoms with Crippen molar-refractivity contribution < 1.29 is 0 Å². The minimum atomic E-state index is 0.817. The fraction of sp³-hybridized carbons (Fsp3) is 0. The molecular weight excluding hydrogens is 567 g/mol. The Morgan fingerprint density at radius 2 is 1.17 bits per heavy atom. The van der Waals surface area contributed by atoms with Gasteiger partial charge < -0.3 is 4.90 Å². The van der Waals surface area contributed by atoms with Crippen molar-refractivity contribution in [3.63, 3.8) is 0 Å². The highest BCUT2D eigenvalue weighted by molar-refractivity contribution is 6.00. The van der Waals surface area contributed by atoms with E-state index in [1.807, 2.05) is 36.4 Å². The molecule has 1 heteroatoms. The van der Waals surface area contributed by atoms with Gasteiger partial charge in [0.2, 0.25) is 0 Å². The predicted octanol–water partition coefficient (Wildman–Crippen LogP) is 13.1. The maximum Gasteiger partial charge on any atom is 0.0540 e. The number of allylic oxidation sites excluding steroid dienone is 8. The van der Waals surface area contributed by atoms with Gasteiger partial charge in [-0.2, -0.15) is 0 Å². The van der Waals surface area contributed by atoms with Crippen LogP contribution >= 0.6 is 0 Å². The molecule has 0 aliphatic heterocycles. The van der Waals surface area contributed by atoms with E-state index in [-0.39, 0.29) is 0 Å². The summed E-state index contributed by atoms with van der Waals surface area (Å²) in [4.78, 5) is 2.35. The lowest BCUT2D eigenvalue weighted by atomic mass is 9.87. The van der Waals surface area contributed by atoms with Crippen molar-refractivity contribution in [3.8, 4) is 22.3 Å². The highest BCUT2D eigenvalue weighted by Crippen LogP contribution is 2.43. The SMILES string of the molecule is C=C/C=C\C(=C)C(=C)/C(=C\C=C)c1ccc(N(c2ccc(-c3ccccc3)cc2)c2cccc3ccccc23)cc1-c1ccccc1. The molecule has 6 aromatic rings.